The van der Waals surface area contributed by atoms with E-state index in [1.54, 1.807) is 7.11 Å². The van der Waals surface area contributed by atoms with Gasteiger partial charge in [-0.2, -0.15) is 0 Å². The highest BCUT2D eigenvalue weighted by Crippen LogP contribution is 2.27. The van der Waals surface area contributed by atoms with E-state index < -0.39 is 0 Å². The van der Waals surface area contributed by atoms with Gasteiger partial charge in [-0.15, -0.1) is 6.58 Å². The average molecular weight is 270 g/mol. The van der Waals surface area contributed by atoms with Crippen molar-refractivity contribution in [1.82, 2.24) is 0 Å². The Morgan fingerprint density at radius 1 is 1.53 bits per heavy atom. The fraction of sp³-hybridized carbons (Fsp3) is 0.333. The highest BCUT2D eigenvalue weighted by atomic mass is 79.9. The zero-order valence-corrected chi connectivity index (χ0v) is 10.5. The van der Waals surface area contributed by atoms with Crippen LogP contribution in [0, 0.1) is 0 Å². The molecule has 1 rings (SSSR count). The van der Waals surface area contributed by atoms with Gasteiger partial charge in [0, 0.05) is 11.0 Å². The number of halogens is 1. The average Bonchev–Trinajstić information content (AvgIpc) is 2.25. The molecule has 0 spiro atoms. The van der Waals surface area contributed by atoms with Crippen LogP contribution in [0.2, 0.25) is 0 Å². The second kappa shape index (κ2) is 6.51. The molecule has 1 aromatic rings. The Morgan fingerprint density at radius 2 is 2.33 bits per heavy atom. The lowest BCUT2D eigenvalue weighted by molar-refractivity contribution is 0.416. The highest BCUT2D eigenvalue weighted by molar-refractivity contribution is 9.10. The van der Waals surface area contributed by atoms with Crippen LogP contribution < -0.4 is 10.1 Å². The van der Waals surface area contributed by atoms with Crippen LogP contribution in [-0.2, 0) is 0 Å². The molecule has 3 heteroatoms. The van der Waals surface area contributed by atoms with Crippen molar-refractivity contribution >= 4 is 21.6 Å². The summed E-state index contributed by atoms with van der Waals surface area (Å²) >= 11 is 3.44. The number of rotatable bonds is 6. The van der Waals surface area contributed by atoms with Crippen LogP contribution in [0.15, 0.2) is 35.3 Å². The summed E-state index contributed by atoms with van der Waals surface area (Å²) in [6, 6.07) is 5.93. The molecule has 15 heavy (non-hydrogen) atoms. The summed E-state index contributed by atoms with van der Waals surface area (Å²) in [4.78, 5) is 0. The minimum absolute atomic E-state index is 0.872. The Hall–Kier alpha value is -0.960. The van der Waals surface area contributed by atoms with Crippen LogP contribution in [0.5, 0.6) is 5.75 Å². The lowest BCUT2D eigenvalue weighted by atomic mass is 10.2. The number of hydrogen-bond acceptors (Lipinski definition) is 2. The highest BCUT2D eigenvalue weighted by Gasteiger charge is 2.01. The lowest BCUT2D eigenvalue weighted by Crippen LogP contribution is -2.02. The lowest BCUT2D eigenvalue weighted by Gasteiger charge is -2.10. The Kier molecular flexibility index (Phi) is 5.26. The Labute approximate surface area is 99.5 Å². The van der Waals surface area contributed by atoms with Gasteiger partial charge in [-0.25, -0.2) is 0 Å². The summed E-state index contributed by atoms with van der Waals surface area (Å²) in [5.41, 5.74) is 1.02. The molecule has 0 heterocycles. The normalized spacial score (nSPS) is 9.73. The van der Waals surface area contributed by atoms with E-state index in [1.165, 1.54) is 0 Å². The van der Waals surface area contributed by atoms with Gasteiger partial charge >= 0.3 is 0 Å². The van der Waals surface area contributed by atoms with E-state index >= 15 is 0 Å². The number of anilines is 1. The number of hydrogen-bond donors (Lipinski definition) is 1. The molecule has 1 aromatic carbocycles. The molecule has 0 aliphatic heterocycles. The van der Waals surface area contributed by atoms with E-state index in [0.717, 1.165) is 35.3 Å². The zero-order valence-electron chi connectivity index (χ0n) is 8.92. The summed E-state index contributed by atoms with van der Waals surface area (Å²) in [5.74, 6) is 0.872. The maximum Gasteiger partial charge on any atom is 0.142 e. The standard InChI is InChI=1S/C12H16BrNO/c1-3-4-5-8-14-11-9-10(13)6-7-12(11)15-2/h3,6-7,9,14H,1,4-5,8H2,2H3. The fourth-order valence-electron chi connectivity index (χ4n) is 1.29. The zero-order chi connectivity index (χ0) is 11.1. The largest absolute Gasteiger partial charge is 0.495 e. The Balaban J connectivity index is 2.57. The van der Waals surface area contributed by atoms with Crippen LogP contribution in [0.25, 0.3) is 0 Å². The predicted octanol–water partition coefficient (Wildman–Crippen LogP) is 3.84. The third kappa shape index (κ3) is 3.96. The van der Waals surface area contributed by atoms with Gasteiger partial charge in [-0.05, 0) is 31.0 Å². The molecule has 0 radical (unpaired) electrons. The number of unbranched alkanes of at least 4 members (excludes halogenated alkanes) is 1. The van der Waals surface area contributed by atoms with Gasteiger partial charge in [0.15, 0.2) is 0 Å². The van der Waals surface area contributed by atoms with Crippen LogP contribution >= 0.6 is 15.9 Å². The van der Waals surface area contributed by atoms with Gasteiger partial charge in [0.2, 0.25) is 0 Å². The summed E-state index contributed by atoms with van der Waals surface area (Å²) in [6.45, 7) is 4.62. The molecule has 0 aromatic heterocycles. The minimum Gasteiger partial charge on any atom is -0.495 e. The van der Waals surface area contributed by atoms with Gasteiger partial charge in [0.05, 0.1) is 12.8 Å². The van der Waals surface area contributed by atoms with Gasteiger partial charge in [-0.1, -0.05) is 22.0 Å². The van der Waals surface area contributed by atoms with Crippen molar-refractivity contribution < 1.29 is 4.74 Å². The summed E-state index contributed by atoms with van der Waals surface area (Å²) in [5, 5.41) is 3.34. The van der Waals surface area contributed by atoms with Crippen molar-refractivity contribution in [2.75, 3.05) is 19.0 Å². The molecule has 0 bridgehead atoms. The molecular weight excluding hydrogens is 254 g/mol. The SMILES string of the molecule is C=CCCCNc1cc(Br)ccc1OC. The first-order valence-electron chi connectivity index (χ1n) is 4.96. The number of benzene rings is 1. The first-order valence-corrected chi connectivity index (χ1v) is 5.75. The maximum atomic E-state index is 5.25. The number of nitrogens with one attached hydrogen (secondary N) is 1. The molecule has 2 nitrogen and oxygen atoms in total. The van der Waals surface area contributed by atoms with Crippen molar-refractivity contribution in [2.24, 2.45) is 0 Å². The van der Waals surface area contributed by atoms with Crippen LogP contribution in [0.1, 0.15) is 12.8 Å². The Morgan fingerprint density at radius 3 is 3.00 bits per heavy atom. The molecule has 0 saturated heterocycles. The van der Waals surface area contributed by atoms with E-state index in [0.29, 0.717) is 0 Å². The molecule has 0 aliphatic rings. The van der Waals surface area contributed by atoms with Gasteiger partial charge < -0.3 is 10.1 Å². The molecule has 0 unspecified atom stereocenters. The third-order valence-corrected chi connectivity index (χ3v) is 2.56. The van der Waals surface area contributed by atoms with Gasteiger partial charge in [-0.3, -0.25) is 0 Å². The van der Waals surface area contributed by atoms with Crippen LogP contribution in [0.3, 0.4) is 0 Å². The minimum atomic E-state index is 0.872. The molecule has 0 atom stereocenters. The van der Waals surface area contributed by atoms with E-state index in [1.807, 2.05) is 24.3 Å². The van der Waals surface area contributed by atoms with Crippen molar-refractivity contribution in [1.29, 1.82) is 0 Å². The van der Waals surface area contributed by atoms with Gasteiger partial charge in [0.25, 0.3) is 0 Å². The first kappa shape index (κ1) is 12.1. The van der Waals surface area contributed by atoms with E-state index in [9.17, 15) is 0 Å². The molecule has 1 N–H and O–H groups in total. The number of allylic oxidation sites excluding steroid dienone is 1. The quantitative estimate of drug-likeness (QED) is 0.626. The van der Waals surface area contributed by atoms with Crippen LogP contribution in [-0.4, -0.2) is 13.7 Å². The van der Waals surface area contributed by atoms with E-state index in [4.69, 9.17) is 4.74 Å². The summed E-state index contributed by atoms with van der Waals surface area (Å²) in [6.07, 6.45) is 4.04. The van der Waals surface area contributed by atoms with Crippen molar-refractivity contribution in [3.05, 3.63) is 35.3 Å². The summed E-state index contributed by atoms with van der Waals surface area (Å²) in [7, 11) is 1.68. The molecular formula is C12H16BrNO. The first-order chi connectivity index (χ1) is 7.27. The van der Waals surface area contributed by atoms with E-state index in [2.05, 4.69) is 27.8 Å². The number of methoxy groups -OCH3 is 1. The Bertz CT molecular complexity index is 325. The molecule has 0 fully saturated rings. The third-order valence-electron chi connectivity index (χ3n) is 2.06. The molecule has 0 amide bonds. The van der Waals surface area contributed by atoms with Crippen LogP contribution in [0.4, 0.5) is 5.69 Å². The van der Waals surface area contributed by atoms with Gasteiger partial charge in [0.1, 0.15) is 5.75 Å². The number of ether oxygens (including phenoxy) is 1. The predicted molar refractivity (Wildman–Crippen MR) is 68.6 cm³/mol. The smallest absolute Gasteiger partial charge is 0.142 e. The fourth-order valence-corrected chi connectivity index (χ4v) is 1.65. The van der Waals surface area contributed by atoms with Crippen molar-refractivity contribution in [2.45, 2.75) is 12.8 Å². The molecule has 0 saturated carbocycles. The molecule has 0 aliphatic carbocycles. The van der Waals surface area contributed by atoms with Crippen molar-refractivity contribution in [3.8, 4) is 5.75 Å². The second-order valence-electron chi connectivity index (χ2n) is 3.20. The maximum absolute atomic E-state index is 5.25. The van der Waals surface area contributed by atoms with E-state index in [-0.39, 0.29) is 0 Å². The van der Waals surface area contributed by atoms with Crippen molar-refractivity contribution in [3.63, 3.8) is 0 Å². The topological polar surface area (TPSA) is 21.3 Å². The monoisotopic (exact) mass is 269 g/mol. The second-order valence-corrected chi connectivity index (χ2v) is 4.12. The molecule has 82 valence electrons. The summed E-state index contributed by atoms with van der Waals surface area (Å²) < 4.78 is 6.30.